The maximum atomic E-state index is 3.34. The Bertz CT molecular complexity index is 165. The average molecular weight is 184 g/mol. The van der Waals surface area contributed by atoms with Gasteiger partial charge >= 0.3 is 0 Å². The molecule has 0 amide bonds. The summed E-state index contributed by atoms with van der Waals surface area (Å²) >= 11 is 0. The standard InChI is InChI=1S/C11H24N2/c1-9-6-10(9)7-13(5)8-11(2,3)12-4/h9-10,12H,6-8H2,1-5H3. The van der Waals surface area contributed by atoms with Crippen molar-refractivity contribution in [2.45, 2.75) is 32.7 Å². The van der Waals surface area contributed by atoms with Gasteiger partial charge in [-0.3, -0.25) is 0 Å². The second kappa shape index (κ2) is 3.97. The van der Waals surface area contributed by atoms with Crippen molar-refractivity contribution in [2.24, 2.45) is 11.8 Å². The van der Waals surface area contributed by atoms with Gasteiger partial charge < -0.3 is 10.2 Å². The van der Waals surface area contributed by atoms with E-state index >= 15 is 0 Å². The quantitative estimate of drug-likeness (QED) is 0.698. The van der Waals surface area contributed by atoms with Gasteiger partial charge in [0.15, 0.2) is 0 Å². The van der Waals surface area contributed by atoms with Crippen LogP contribution >= 0.6 is 0 Å². The Morgan fingerprint density at radius 3 is 2.38 bits per heavy atom. The van der Waals surface area contributed by atoms with Gasteiger partial charge in [0, 0.05) is 18.6 Å². The Morgan fingerprint density at radius 1 is 1.46 bits per heavy atom. The molecule has 0 heterocycles. The molecule has 13 heavy (non-hydrogen) atoms. The molecule has 2 unspecified atom stereocenters. The summed E-state index contributed by atoms with van der Waals surface area (Å²) in [5, 5.41) is 3.34. The van der Waals surface area contributed by atoms with Crippen LogP contribution in [0.25, 0.3) is 0 Å². The summed E-state index contributed by atoms with van der Waals surface area (Å²) in [5.41, 5.74) is 0.243. The highest BCUT2D eigenvalue weighted by molar-refractivity contribution is 4.87. The molecule has 0 aromatic rings. The van der Waals surface area contributed by atoms with E-state index in [-0.39, 0.29) is 5.54 Å². The first-order chi connectivity index (χ1) is 5.94. The molecule has 0 aromatic carbocycles. The number of hydrogen-bond acceptors (Lipinski definition) is 2. The van der Waals surface area contributed by atoms with Crippen LogP contribution in [0.5, 0.6) is 0 Å². The molecule has 0 radical (unpaired) electrons. The van der Waals surface area contributed by atoms with Gasteiger partial charge in [0.25, 0.3) is 0 Å². The first-order valence-electron chi connectivity index (χ1n) is 5.32. The first-order valence-corrected chi connectivity index (χ1v) is 5.32. The molecule has 0 saturated heterocycles. The summed E-state index contributed by atoms with van der Waals surface area (Å²) in [7, 11) is 4.26. The first kappa shape index (κ1) is 11.0. The van der Waals surface area contributed by atoms with Crippen molar-refractivity contribution in [3.05, 3.63) is 0 Å². The fourth-order valence-corrected chi connectivity index (χ4v) is 1.87. The van der Waals surface area contributed by atoms with Crippen molar-refractivity contribution in [1.29, 1.82) is 0 Å². The van der Waals surface area contributed by atoms with Crippen LogP contribution in [0.15, 0.2) is 0 Å². The van der Waals surface area contributed by atoms with E-state index in [4.69, 9.17) is 0 Å². The van der Waals surface area contributed by atoms with Gasteiger partial charge in [0.1, 0.15) is 0 Å². The van der Waals surface area contributed by atoms with Gasteiger partial charge in [-0.2, -0.15) is 0 Å². The third-order valence-electron chi connectivity index (χ3n) is 3.16. The molecule has 78 valence electrons. The molecule has 1 rings (SSSR count). The molecule has 0 spiro atoms. The minimum Gasteiger partial charge on any atom is -0.314 e. The van der Waals surface area contributed by atoms with Crippen LogP contribution in [0, 0.1) is 11.8 Å². The summed E-state index contributed by atoms with van der Waals surface area (Å²) in [6, 6.07) is 0. The van der Waals surface area contributed by atoms with Crippen LogP contribution in [-0.4, -0.2) is 37.6 Å². The molecule has 1 fully saturated rings. The minimum atomic E-state index is 0.243. The van der Waals surface area contributed by atoms with Crippen LogP contribution in [0.2, 0.25) is 0 Å². The van der Waals surface area contributed by atoms with E-state index in [1.807, 2.05) is 7.05 Å². The Labute approximate surface area is 82.7 Å². The average Bonchev–Trinajstić information content (AvgIpc) is 2.65. The molecule has 1 aliphatic rings. The topological polar surface area (TPSA) is 15.3 Å². The lowest BCUT2D eigenvalue weighted by molar-refractivity contribution is 0.234. The number of likely N-dealkylation sites (N-methyl/N-ethyl adjacent to an activating group) is 2. The fraction of sp³-hybridized carbons (Fsp3) is 1.00. The molecule has 2 atom stereocenters. The van der Waals surface area contributed by atoms with Crippen molar-refractivity contribution in [1.82, 2.24) is 10.2 Å². The fourth-order valence-electron chi connectivity index (χ4n) is 1.87. The van der Waals surface area contributed by atoms with Crippen LogP contribution in [0.3, 0.4) is 0 Å². The van der Waals surface area contributed by atoms with E-state index in [2.05, 4.69) is 38.0 Å². The van der Waals surface area contributed by atoms with Crippen LogP contribution in [-0.2, 0) is 0 Å². The Morgan fingerprint density at radius 2 is 2.00 bits per heavy atom. The smallest absolute Gasteiger partial charge is 0.0249 e. The predicted octanol–water partition coefficient (Wildman–Crippen LogP) is 1.57. The Hall–Kier alpha value is -0.0800. The van der Waals surface area contributed by atoms with E-state index in [1.54, 1.807) is 0 Å². The van der Waals surface area contributed by atoms with Gasteiger partial charge in [0.05, 0.1) is 0 Å². The second-order valence-electron chi connectivity index (χ2n) is 5.30. The lowest BCUT2D eigenvalue weighted by Gasteiger charge is -2.30. The molecule has 0 aliphatic heterocycles. The highest BCUT2D eigenvalue weighted by Crippen LogP contribution is 2.38. The van der Waals surface area contributed by atoms with Gasteiger partial charge in [-0.15, -0.1) is 0 Å². The van der Waals surface area contributed by atoms with E-state index in [0.29, 0.717) is 0 Å². The lowest BCUT2D eigenvalue weighted by atomic mass is 10.1. The minimum absolute atomic E-state index is 0.243. The number of nitrogens with one attached hydrogen (secondary N) is 1. The zero-order valence-electron chi connectivity index (χ0n) is 9.72. The molecule has 0 bridgehead atoms. The molecule has 2 nitrogen and oxygen atoms in total. The summed E-state index contributed by atoms with van der Waals surface area (Å²) in [6.07, 6.45) is 1.43. The molecule has 0 aromatic heterocycles. The van der Waals surface area contributed by atoms with Crippen molar-refractivity contribution in [2.75, 3.05) is 27.2 Å². The highest BCUT2D eigenvalue weighted by Gasteiger charge is 2.33. The molecular formula is C11H24N2. The van der Waals surface area contributed by atoms with Crippen LogP contribution in [0.4, 0.5) is 0 Å². The van der Waals surface area contributed by atoms with Gasteiger partial charge in [-0.1, -0.05) is 6.92 Å². The zero-order valence-corrected chi connectivity index (χ0v) is 9.72. The summed E-state index contributed by atoms with van der Waals surface area (Å²) in [4.78, 5) is 2.45. The lowest BCUT2D eigenvalue weighted by Crippen LogP contribution is -2.46. The molecule has 1 aliphatic carbocycles. The summed E-state index contributed by atoms with van der Waals surface area (Å²) in [5.74, 6) is 1.94. The van der Waals surface area contributed by atoms with E-state index in [9.17, 15) is 0 Å². The van der Waals surface area contributed by atoms with Crippen molar-refractivity contribution in [3.8, 4) is 0 Å². The normalized spacial score (nSPS) is 28.2. The van der Waals surface area contributed by atoms with Crippen molar-refractivity contribution < 1.29 is 0 Å². The maximum absolute atomic E-state index is 3.34. The Kier molecular flexibility index (Phi) is 3.36. The molecular weight excluding hydrogens is 160 g/mol. The molecule has 1 N–H and O–H groups in total. The maximum Gasteiger partial charge on any atom is 0.0249 e. The van der Waals surface area contributed by atoms with E-state index in [1.165, 1.54) is 13.0 Å². The second-order valence-corrected chi connectivity index (χ2v) is 5.30. The van der Waals surface area contributed by atoms with Gasteiger partial charge in [-0.25, -0.2) is 0 Å². The molecule has 2 heteroatoms. The summed E-state index contributed by atoms with van der Waals surface area (Å²) < 4.78 is 0. The number of hydrogen-bond donors (Lipinski definition) is 1. The third-order valence-corrected chi connectivity index (χ3v) is 3.16. The van der Waals surface area contributed by atoms with Crippen LogP contribution < -0.4 is 5.32 Å². The largest absolute Gasteiger partial charge is 0.314 e. The summed E-state index contributed by atoms with van der Waals surface area (Å²) in [6.45, 7) is 9.25. The highest BCUT2D eigenvalue weighted by atomic mass is 15.1. The van der Waals surface area contributed by atoms with Gasteiger partial charge in [0.2, 0.25) is 0 Å². The van der Waals surface area contributed by atoms with Gasteiger partial charge in [-0.05, 0) is 46.2 Å². The van der Waals surface area contributed by atoms with Crippen molar-refractivity contribution in [3.63, 3.8) is 0 Å². The monoisotopic (exact) mass is 184 g/mol. The van der Waals surface area contributed by atoms with E-state index in [0.717, 1.165) is 18.4 Å². The SMILES string of the molecule is CNC(C)(C)CN(C)CC1CC1C. The Balaban J connectivity index is 2.20. The van der Waals surface area contributed by atoms with Crippen molar-refractivity contribution >= 4 is 0 Å². The predicted molar refractivity (Wildman–Crippen MR) is 57.9 cm³/mol. The number of nitrogens with zero attached hydrogens (tertiary/aromatic N) is 1. The molecule has 1 saturated carbocycles. The number of rotatable bonds is 5. The third kappa shape index (κ3) is 3.65. The van der Waals surface area contributed by atoms with E-state index < -0.39 is 0 Å². The van der Waals surface area contributed by atoms with Crippen LogP contribution in [0.1, 0.15) is 27.2 Å². The zero-order chi connectivity index (χ0) is 10.1.